The zero-order valence-corrected chi connectivity index (χ0v) is 13.4. The highest BCUT2D eigenvalue weighted by molar-refractivity contribution is 5.93. The van der Waals surface area contributed by atoms with Crippen LogP contribution in [0, 0.1) is 0 Å². The highest BCUT2D eigenvalue weighted by atomic mass is 16.5. The maximum Gasteiger partial charge on any atom is 0.250 e. The minimum atomic E-state index is -0.0352. The van der Waals surface area contributed by atoms with Crippen LogP contribution in [0.4, 0.5) is 0 Å². The van der Waals surface area contributed by atoms with E-state index in [0.717, 1.165) is 43.0 Å². The molecule has 0 saturated carbocycles. The number of amides is 1. The first-order valence-electron chi connectivity index (χ1n) is 8.22. The summed E-state index contributed by atoms with van der Waals surface area (Å²) in [6.07, 6.45) is 6.36. The zero-order chi connectivity index (χ0) is 15.5. The fourth-order valence-electron chi connectivity index (χ4n) is 3.24. The Bertz CT molecular complexity index is 579. The van der Waals surface area contributed by atoms with Gasteiger partial charge < -0.3 is 14.2 Å². The number of hydrogen-bond acceptors (Lipinski definition) is 4. The molecule has 2 aliphatic rings. The molecule has 1 atom stereocenters. The molecule has 120 valence electrons. The molecular formula is C16H24N4O2. The van der Waals surface area contributed by atoms with Gasteiger partial charge in [-0.05, 0) is 39.5 Å². The van der Waals surface area contributed by atoms with E-state index in [1.54, 1.807) is 0 Å². The van der Waals surface area contributed by atoms with Gasteiger partial charge in [0, 0.05) is 25.3 Å². The van der Waals surface area contributed by atoms with Crippen molar-refractivity contribution in [3.63, 3.8) is 0 Å². The predicted octanol–water partition coefficient (Wildman–Crippen LogP) is 2.22. The van der Waals surface area contributed by atoms with Crippen LogP contribution in [0.25, 0.3) is 0 Å². The summed E-state index contributed by atoms with van der Waals surface area (Å²) in [4.78, 5) is 14.7. The lowest BCUT2D eigenvalue weighted by molar-refractivity contribution is -0.130. The van der Waals surface area contributed by atoms with Gasteiger partial charge in [-0.15, -0.1) is 10.2 Å². The molecule has 6 nitrogen and oxygen atoms in total. The third-order valence-corrected chi connectivity index (χ3v) is 4.52. The van der Waals surface area contributed by atoms with Crippen molar-refractivity contribution < 1.29 is 9.53 Å². The van der Waals surface area contributed by atoms with Crippen LogP contribution in [0.1, 0.15) is 57.2 Å². The average Bonchev–Trinajstić information content (AvgIpc) is 2.97. The maximum atomic E-state index is 12.7. The van der Waals surface area contributed by atoms with Crippen molar-refractivity contribution in [2.24, 2.45) is 0 Å². The smallest absolute Gasteiger partial charge is 0.250 e. The average molecular weight is 304 g/mol. The van der Waals surface area contributed by atoms with Crippen LogP contribution in [-0.2, 0) is 22.7 Å². The number of hydrogen-bond donors (Lipinski definition) is 0. The minimum absolute atomic E-state index is 0.0352. The van der Waals surface area contributed by atoms with Crippen molar-refractivity contribution in [2.75, 3.05) is 13.2 Å². The fourth-order valence-corrected chi connectivity index (χ4v) is 3.24. The maximum absolute atomic E-state index is 12.7. The van der Waals surface area contributed by atoms with Gasteiger partial charge in [-0.1, -0.05) is 6.08 Å². The van der Waals surface area contributed by atoms with E-state index in [9.17, 15) is 4.79 Å². The first kappa shape index (κ1) is 15.2. The number of rotatable bonds is 4. The molecule has 0 radical (unpaired) electrons. The van der Waals surface area contributed by atoms with Gasteiger partial charge in [0.25, 0.3) is 0 Å². The van der Waals surface area contributed by atoms with Crippen molar-refractivity contribution in [2.45, 2.75) is 58.7 Å². The van der Waals surface area contributed by atoms with Crippen LogP contribution in [-0.4, -0.2) is 38.7 Å². The molecule has 1 aliphatic heterocycles. The number of fused-ring (bicyclic) bond motifs is 1. The summed E-state index contributed by atoms with van der Waals surface area (Å²) < 4.78 is 7.53. The molecular weight excluding hydrogens is 280 g/mol. The quantitative estimate of drug-likeness (QED) is 0.856. The predicted molar refractivity (Wildman–Crippen MR) is 82.0 cm³/mol. The van der Waals surface area contributed by atoms with Gasteiger partial charge in [-0.25, -0.2) is 0 Å². The number of nitrogens with zero attached hydrogens (tertiary/aromatic N) is 4. The first-order valence-corrected chi connectivity index (χ1v) is 8.22. The summed E-state index contributed by atoms with van der Waals surface area (Å²) in [6, 6.07) is -0.0352. The first-order chi connectivity index (χ1) is 10.7. The van der Waals surface area contributed by atoms with Crippen molar-refractivity contribution in [3.05, 3.63) is 23.3 Å². The Morgan fingerprint density at radius 1 is 1.36 bits per heavy atom. The Balaban J connectivity index is 1.76. The Morgan fingerprint density at radius 3 is 2.95 bits per heavy atom. The lowest BCUT2D eigenvalue weighted by atomic mass is 9.98. The second kappa shape index (κ2) is 6.60. The van der Waals surface area contributed by atoms with Gasteiger partial charge in [0.15, 0.2) is 11.6 Å². The molecule has 2 heterocycles. The summed E-state index contributed by atoms with van der Waals surface area (Å²) in [7, 11) is 0. The molecule has 0 aromatic carbocycles. The highest BCUT2D eigenvalue weighted by Crippen LogP contribution is 2.28. The number of aromatic nitrogens is 3. The number of carbonyl (C=O) groups excluding carboxylic acids is 1. The summed E-state index contributed by atoms with van der Waals surface area (Å²) in [6.45, 7) is 6.60. The molecule has 6 heteroatoms. The van der Waals surface area contributed by atoms with Gasteiger partial charge in [0.05, 0.1) is 6.04 Å². The Kier molecular flexibility index (Phi) is 4.57. The van der Waals surface area contributed by atoms with Crippen LogP contribution < -0.4 is 0 Å². The largest absolute Gasteiger partial charge is 0.374 e. The van der Waals surface area contributed by atoms with Crippen LogP contribution in [0.3, 0.4) is 0 Å². The molecule has 0 fully saturated rings. The van der Waals surface area contributed by atoms with Crippen LogP contribution >= 0.6 is 0 Å². The van der Waals surface area contributed by atoms with E-state index < -0.39 is 0 Å². The highest BCUT2D eigenvalue weighted by Gasteiger charge is 2.32. The Labute approximate surface area is 131 Å². The Hall–Kier alpha value is -1.69. The number of allylic oxidation sites excluding steroid dienone is 1. The second-order valence-corrected chi connectivity index (χ2v) is 5.91. The molecule has 3 rings (SSSR count). The molecule has 1 aromatic heterocycles. The summed E-state index contributed by atoms with van der Waals surface area (Å²) in [5.74, 6) is 1.89. The third kappa shape index (κ3) is 2.79. The van der Waals surface area contributed by atoms with Crippen molar-refractivity contribution in [1.82, 2.24) is 19.7 Å². The molecule has 0 N–H and O–H groups in total. The van der Waals surface area contributed by atoms with E-state index >= 15 is 0 Å². The SMILES string of the molecule is CCOCc1nnc2n1CCN(C(=O)C1=CCCCC1)[C@@H]2C. The normalized spacial score (nSPS) is 21.5. The van der Waals surface area contributed by atoms with Crippen LogP contribution in [0.15, 0.2) is 11.6 Å². The molecule has 1 aromatic rings. The minimum Gasteiger partial charge on any atom is -0.374 e. The summed E-state index contributed by atoms with van der Waals surface area (Å²) in [5, 5.41) is 8.52. The molecule has 0 spiro atoms. The molecule has 0 bridgehead atoms. The molecule has 22 heavy (non-hydrogen) atoms. The number of ether oxygens (including phenoxy) is 1. The van der Waals surface area contributed by atoms with Crippen molar-refractivity contribution in [3.8, 4) is 0 Å². The van der Waals surface area contributed by atoms with Gasteiger partial charge >= 0.3 is 0 Å². The summed E-state index contributed by atoms with van der Waals surface area (Å²) in [5.41, 5.74) is 0.973. The lowest BCUT2D eigenvalue weighted by Gasteiger charge is -2.34. The van der Waals surface area contributed by atoms with Crippen molar-refractivity contribution >= 4 is 5.91 Å². The fraction of sp³-hybridized carbons (Fsp3) is 0.688. The summed E-state index contributed by atoms with van der Waals surface area (Å²) >= 11 is 0. The molecule has 0 saturated heterocycles. The van der Waals surface area contributed by atoms with Gasteiger partial charge in [-0.2, -0.15) is 0 Å². The van der Waals surface area contributed by atoms with Gasteiger partial charge in [0.2, 0.25) is 5.91 Å². The zero-order valence-electron chi connectivity index (χ0n) is 13.4. The topological polar surface area (TPSA) is 60.3 Å². The standard InChI is InChI=1S/C16H24N4O2/c1-3-22-11-14-17-18-15-12(2)19(9-10-20(14)15)16(21)13-7-5-4-6-8-13/h7,12H,3-6,8-11H2,1-2H3/t12-/m1/s1. The molecule has 1 aliphatic carbocycles. The number of carbonyl (C=O) groups is 1. The van der Waals surface area contributed by atoms with E-state index in [2.05, 4.69) is 20.8 Å². The van der Waals surface area contributed by atoms with Gasteiger partial charge in [-0.3, -0.25) is 4.79 Å². The molecule has 1 amide bonds. The third-order valence-electron chi connectivity index (χ3n) is 4.52. The molecule has 0 unspecified atom stereocenters. The van der Waals surface area contributed by atoms with Crippen LogP contribution in [0.5, 0.6) is 0 Å². The Morgan fingerprint density at radius 2 is 2.23 bits per heavy atom. The van der Waals surface area contributed by atoms with Crippen LogP contribution in [0.2, 0.25) is 0 Å². The monoisotopic (exact) mass is 304 g/mol. The lowest BCUT2D eigenvalue weighted by Crippen LogP contribution is -2.42. The van der Waals surface area contributed by atoms with E-state index in [-0.39, 0.29) is 11.9 Å². The van der Waals surface area contributed by atoms with Crippen molar-refractivity contribution in [1.29, 1.82) is 0 Å². The second-order valence-electron chi connectivity index (χ2n) is 5.91. The van der Waals surface area contributed by atoms with E-state index in [0.29, 0.717) is 19.8 Å². The van der Waals surface area contributed by atoms with E-state index in [1.807, 2.05) is 18.7 Å². The van der Waals surface area contributed by atoms with Gasteiger partial charge in [0.1, 0.15) is 6.61 Å². The van der Waals surface area contributed by atoms with E-state index in [4.69, 9.17) is 4.74 Å². The van der Waals surface area contributed by atoms with E-state index in [1.165, 1.54) is 6.42 Å².